The van der Waals surface area contributed by atoms with Crippen LogP contribution in [0.15, 0.2) is 41.6 Å². The second-order valence-corrected chi connectivity index (χ2v) is 7.01. The van der Waals surface area contributed by atoms with Gasteiger partial charge in [0.05, 0.1) is 21.3 Å². The largest absolute Gasteiger partial charge is 0.493 e. The van der Waals surface area contributed by atoms with E-state index in [0.717, 1.165) is 21.3 Å². The van der Waals surface area contributed by atoms with Crippen molar-refractivity contribution in [1.82, 2.24) is 14.8 Å². The van der Waals surface area contributed by atoms with Gasteiger partial charge >= 0.3 is 0 Å². The highest BCUT2D eigenvalue weighted by molar-refractivity contribution is 7.98. The van der Waals surface area contributed by atoms with Crippen LogP contribution in [0.1, 0.15) is 5.56 Å². The molecule has 1 heterocycles. The van der Waals surface area contributed by atoms with Crippen molar-refractivity contribution < 1.29 is 14.2 Å². The fourth-order valence-corrected chi connectivity index (χ4v) is 3.86. The molecule has 0 amide bonds. The summed E-state index contributed by atoms with van der Waals surface area (Å²) in [5.41, 5.74) is 1.88. The van der Waals surface area contributed by atoms with Gasteiger partial charge in [0.15, 0.2) is 22.5 Å². The molecular formula is C19H20ClN3O3S. The maximum Gasteiger partial charge on any atom is 0.203 e. The fraction of sp³-hybridized carbons (Fsp3) is 0.263. The lowest BCUT2D eigenvalue weighted by Gasteiger charge is -2.14. The van der Waals surface area contributed by atoms with Crippen LogP contribution in [0.25, 0.3) is 11.4 Å². The third kappa shape index (κ3) is 3.99. The van der Waals surface area contributed by atoms with E-state index in [1.165, 1.54) is 0 Å². The monoisotopic (exact) mass is 405 g/mol. The van der Waals surface area contributed by atoms with E-state index in [0.29, 0.717) is 28.8 Å². The van der Waals surface area contributed by atoms with Gasteiger partial charge in [-0.15, -0.1) is 10.2 Å². The number of ether oxygens (including phenoxy) is 3. The summed E-state index contributed by atoms with van der Waals surface area (Å²) in [4.78, 5) is 0. The van der Waals surface area contributed by atoms with E-state index in [2.05, 4.69) is 10.2 Å². The Hall–Kier alpha value is -2.38. The van der Waals surface area contributed by atoms with Crippen molar-refractivity contribution >= 4 is 23.4 Å². The van der Waals surface area contributed by atoms with Crippen molar-refractivity contribution in [3.8, 4) is 28.6 Å². The highest BCUT2D eigenvalue weighted by Crippen LogP contribution is 2.41. The molecule has 0 unspecified atom stereocenters. The van der Waals surface area contributed by atoms with E-state index >= 15 is 0 Å². The first kappa shape index (κ1) is 19.4. The van der Waals surface area contributed by atoms with E-state index in [9.17, 15) is 0 Å². The van der Waals surface area contributed by atoms with Crippen LogP contribution in [0.3, 0.4) is 0 Å². The predicted molar refractivity (Wildman–Crippen MR) is 107 cm³/mol. The first-order valence-electron chi connectivity index (χ1n) is 8.15. The van der Waals surface area contributed by atoms with E-state index in [1.54, 1.807) is 33.1 Å². The summed E-state index contributed by atoms with van der Waals surface area (Å²) in [6, 6.07) is 11.5. The van der Waals surface area contributed by atoms with Gasteiger partial charge in [-0.3, -0.25) is 0 Å². The predicted octanol–water partition coefficient (Wildman–Crippen LogP) is 4.45. The first-order valence-corrected chi connectivity index (χ1v) is 9.51. The Morgan fingerprint density at radius 1 is 1.00 bits per heavy atom. The normalized spacial score (nSPS) is 10.7. The quantitative estimate of drug-likeness (QED) is 0.541. The molecular weight excluding hydrogens is 386 g/mol. The van der Waals surface area contributed by atoms with Crippen LogP contribution < -0.4 is 14.2 Å². The molecule has 27 heavy (non-hydrogen) atoms. The Kier molecular flexibility index (Phi) is 6.13. The van der Waals surface area contributed by atoms with E-state index in [-0.39, 0.29) is 0 Å². The first-order chi connectivity index (χ1) is 13.1. The Morgan fingerprint density at radius 2 is 1.67 bits per heavy atom. The number of benzene rings is 2. The highest BCUT2D eigenvalue weighted by atomic mass is 35.5. The minimum absolute atomic E-state index is 0.541. The molecule has 0 atom stereocenters. The number of thioether (sulfide) groups is 1. The lowest BCUT2D eigenvalue weighted by Crippen LogP contribution is -1.99. The topological polar surface area (TPSA) is 58.4 Å². The molecule has 6 nitrogen and oxygen atoms in total. The molecule has 0 fully saturated rings. The summed E-state index contributed by atoms with van der Waals surface area (Å²) in [6.45, 7) is 0. The van der Waals surface area contributed by atoms with E-state index in [1.807, 2.05) is 48.0 Å². The number of hydrogen-bond donors (Lipinski definition) is 0. The van der Waals surface area contributed by atoms with Gasteiger partial charge in [0.2, 0.25) is 5.75 Å². The van der Waals surface area contributed by atoms with Gasteiger partial charge in [0.1, 0.15) is 0 Å². The maximum atomic E-state index is 6.23. The molecule has 0 saturated carbocycles. The van der Waals surface area contributed by atoms with Crippen LogP contribution in [0.4, 0.5) is 0 Å². The van der Waals surface area contributed by atoms with Gasteiger partial charge in [-0.25, -0.2) is 0 Å². The molecule has 8 heteroatoms. The lowest BCUT2D eigenvalue weighted by atomic mass is 10.1. The molecule has 0 saturated heterocycles. The summed E-state index contributed by atoms with van der Waals surface area (Å²) in [5.74, 6) is 3.09. The average molecular weight is 406 g/mol. The molecule has 0 bridgehead atoms. The number of rotatable bonds is 7. The van der Waals surface area contributed by atoms with Gasteiger partial charge in [-0.2, -0.15) is 0 Å². The fourth-order valence-electron chi connectivity index (χ4n) is 2.66. The molecule has 0 aliphatic carbocycles. The Balaban J connectivity index is 1.90. The number of methoxy groups -OCH3 is 3. The van der Waals surface area contributed by atoms with Crippen LogP contribution in [0.5, 0.6) is 17.2 Å². The van der Waals surface area contributed by atoms with Crippen molar-refractivity contribution in [2.45, 2.75) is 10.9 Å². The Morgan fingerprint density at radius 3 is 2.26 bits per heavy atom. The summed E-state index contributed by atoms with van der Waals surface area (Å²) in [5, 5.41) is 10.2. The standard InChI is InChI=1S/C19H20ClN3O3S/c1-23-18(13-9-15(24-2)17(26-4)16(10-13)25-3)21-22-19(23)27-11-12-7-5-6-8-14(12)20/h5-10H,11H2,1-4H3. The number of nitrogens with zero attached hydrogens (tertiary/aromatic N) is 3. The summed E-state index contributed by atoms with van der Waals surface area (Å²) in [7, 11) is 6.67. The van der Waals surface area contributed by atoms with Crippen LogP contribution in [-0.2, 0) is 12.8 Å². The lowest BCUT2D eigenvalue weighted by molar-refractivity contribution is 0.324. The van der Waals surface area contributed by atoms with Crippen molar-refractivity contribution in [3.63, 3.8) is 0 Å². The van der Waals surface area contributed by atoms with Gasteiger partial charge in [-0.05, 0) is 23.8 Å². The minimum atomic E-state index is 0.541. The third-order valence-electron chi connectivity index (χ3n) is 4.07. The number of halogens is 1. The van der Waals surface area contributed by atoms with Crippen molar-refractivity contribution in [3.05, 3.63) is 47.0 Å². The highest BCUT2D eigenvalue weighted by Gasteiger charge is 2.18. The Labute approximate surface area is 167 Å². The van der Waals surface area contributed by atoms with Crippen LogP contribution in [0, 0.1) is 0 Å². The van der Waals surface area contributed by atoms with Crippen molar-refractivity contribution in [1.29, 1.82) is 0 Å². The van der Waals surface area contributed by atoms with Crippen LogP contribution >= 0.6 is 23.4 Å². The Bertz CT molecular complexity index is 921. The van der Waals surface area contributed by atoms with Crippen molar-refractivity contribution in [2.24, 2.45) is 7.05 Å². The number of aromatic nitrogens is 3. The van der Waals surface area contributed by atoms with E-state index in [4.69, 9.17) is 25.8 Å². The smallest absolute Gasteiger partial charge is 0.203 e. The second kappa shape index (κ2) is 8.54. The van der Waals surface area contributed by atoms with Gasteiger partial charge < -0.3 is 18.8 Å². The second-order valence-electron chi connectivity index (χ2n) is 5.66. The zero-order chi connectivity index (χ0) is 19.4. The maximum absolute atomic E-state index is 6.23. The molecule has 142 valence electrons. The minimum Gasteiger partial charge on any atom is -0.493 e. The molecule has 1 aromatic heterocycles. The van der Waals surface area contributed by atoms with Gasteiger partial charge in [-0.1, -0.05) is 41.6 Å². The zero-order valence-corrected chi connectivity index (χ0v) is 17.1. The summed E-state index contributed by atoms with van der Waals surface area (Å²) >= 11 is 7.81. The molecule has 3 aromatic rings. The summed E-state index contributed by atoms with van der Waals surface area (Å²) < 4.78 is 18.2. The van der Waals surface area contributed by atoms with Crippen LogP contribution in [0.2, 0.25) is 5.02 Å². The molecule has 0 radical (unpaired) electrons. The molecule has 0 aliphatic heterocycles. The van der Waals surface area contributed by atoms with Crippen molar-refractivity contribution in [2.75, 3.05) is 21.3 Å². The van der Waals surface area contributed by atoms with Gasteiger partial charge in [0, 0.05) is 23.4 Å². The summed E-state index contributed by atoms with van der Waals surface area (Å²) in [6.07, 6.45) is 0. The van der Waals surface area contributed by atoms with Gasteiger partial charge in [0.25, 0.3) is 0 Å². The molecule has 0 spiro atoms. The zero-order valence-electron chi connectivity index (χ0n) is 15.5. The molecule has 0 N–H and O–H groups in total. The molecule has 3 rings (SSSR count). The SMILES string of the molecule is COc1cc(-c2nnc(SCc3ccccc3Cl)n2C)cc(OC)c1OC. The third-order valence-corrected chi connectivity index (χ3v) is 5.51. The average Bonchev–Trinajstić information content (AvgIpc) is 3.06. The van der Waals surface area contributed by atoms with E-state index < -0.39 is 0 Å². The number of hydrogen-bond acceptors (Lipinski definition) is 6. The molecule has 0 aliphatic rings. The van der Waals surface area contributed by atoms with Crippen LogP contribution in [-0.4, -0.2) is 36.1 Å². The molecule has 2 aromatic carbocycles.